The van der Waals surface area contributed by atoms with Crippen molar-refractivity contribution in [2.24, 2.45) is 0 Å². The van der Waals surface area contributed by atoms with Crippen molar-refractivity contribution in [1.29, 1.82) is 0 Å². The summed E-state index contributed by atoms with van der Waals surface area (Å²) < 4.78 is 73.0. The standard InChI is InChI=1S/C31H51F3N2O9Si/c1-29(2,3)45-28(38)35-26(23-9-11-24(12-10-23)41-18-20-44-46(7,8)30(4,5)6)27(37)36-14-13-25(21-36)42-22-40-16-15-39-17-19-43-31(32,33)34/h9-12,25-26H,13-22H2,1-8H3,(H,35,38)/t25-,26-/m0/s1. The molecule has 0 aromatic heterocycles. The van der Waals surface area contributed by atoms with E-state index in [2.05, 4.69) is 43.9 Å². The van der Waals surface area contributed by atoms with Gasteiger partial charge >= 0.3 is 12.5 Å². The van der Waals surface area contributed by atoms with Gasteiger partial charge in [0.15, 0.2) is 8.32 Å². The molecule has 0 unspecified atom stereocenters. The molecule has 1 heterocycles. The molecule has 1 saturated heterocycles. The lowest BCUT2D eigenvalue weighted by atomic mass is 10.1. The third kappa shape index (κ3) is 15.0. The molecule has 1 fully saturated rings. The topological polar surface area (TPSA) is 114 Å². The number of alkyl halides is 3. The quantitative estimate of drug-likeness (QED) is 0.124. The number of carbonyl (C=O) groups is 2. The number of nitrogens with one attached hydrogen (secondary N) is 1. The number of carbonyl (C=O) groups excluding carboxylic acids is 2. The number of benzene rings is 1. The Hall–Kier alpha value is -2.43. The van der Waals surface area contributed by atoms with Crippen molar-refractivity contribution >= 4 is 20.3 Å². The molecule has 15 heteroatoms. The van der Waals surface area contributed by atoms with Crippen molar-refractivity contribution in [3.8, 4) is 5.75 Å². The minimum atomic E-state index is -4.68. The third-order valence-corrected chi connectivity index (χ3v) is 12.0. The van der Waals surface area contributed by atoms with E-state index in [4.69, 9.17) is 28.1 Å². The average molecular weight is 681 g/mol. The molecule has 0 aliphatic carbocycles. The molecule has 1 aromatic rings. The molecule has 1 aliphatic rings. The van der Waals surface area contributed by atoms with Crippen molar-refractivity contribution in [3.05, 3.63) is 29.8 Å². The molecule has 1 aromatic carbocycles. The highest BCUT2D eigenvalue weighted by molar-refractivity contribution is 6.74. The maximum absolute atomic E-state index is 13.7. The van der Waals surface area contributed by atoms with Crippen molar-refractivity contribution < 1.29 is 55.6 Å². The first-order chi connectivity index (χ1) is 21.3. The monoisotopic (exact) mass is 680 g/mol. The fraction of sp³-hybridized carbons (Fsp3) is 0.742. The van der Waals surface area contributed by atoms with E-state index < -0.39 is 39.0 Å². The molecule has 0 radical (unpaired) electrons. The summed E-state index contributed by atoms with van der Waals surface area (Å²) in [6.07, 6.45) is -5.14. The Bertz CT molecular complexity index is 1080. The second-order valence-corrected chi connectivity index (χ2v) is 18.2. The van der Waals surface area contributed by atoms with Gasteiger partial charge in [0, 0.05) is 13.1 Å². The lowest BCUT2D eigenvalue weighted by Crippen LogP contribution is -2.44. The van der Waals surface area contributed by atoms with Gasteiger partial charge in [-0.25, -0.2) is 4.79 Å². The van der Waals surface area contributed by atoms with E-state index in [1.54, 1.807) is 49.9 Å². The van der Waals surface area contributed by atoms with Crippen LogP contribution < -0.4 is 10.1 Å². The van der Waals surface area contributed by atoms with Crippen LogP contribution in [-0.2, 0) is 32.9 Å². The largest absolute Gasteiger partial charge is 0.522 e. The van der Waals surface area contributed by atoms with E-state index in [-0.39, 0.29) is 50.2 Å². The van der Waals surface area contributed by atoms with Gasteiger partial charge < -0.3 is 38.3 Å². The Morgan fingerprint density at radius 1 is 0.935 bits per heavy atom. The number of hydrogen-bond acceptors (Lipinski definition) is 9. The molecule has 0 bridgehead atoms. The summed E-state index contributed by atoms with van der Waals surface area (Å²) in [6, 6.07) is 5.97. The van der Waals surface area contributed by atoms with Gasteiger partial charge in [0.2, 0.25) is 5.91 Å². The summed E-state index contributed by atoms with van der Waals surface area (Å²) in [5.74, 6) is 0.296. The third-order valence-electron chi connectivity index (χ3n) is 7.45. The summed E-state index contributed by atoms with van der Waals surface area (Å²) in [7, 11) is -1.88. The van der Waals surface area contributed by atoms with Crippen LogP contribution >= 0.6 is 0 Å². The molecule has 0 saturated carbocycles. The highest BCUT2D eigenvalue weighted by Crippen LogP contribution is 2.36. The number of likely N-dealkylation sites (tertiary alicyclic amines) is 1. The number of nitrogens with zero attached hydrogens (tertiary/aromatic N) is 1. The second-order valence-electron chi connectivity index (χ2n) is 13.4. The molecule has 264 valence electrons. The fourth-order valence-corrected chi connectivity index (χ4v) is 5.06. The average Bonchev–Trinajstić information content (AvgIpc) is 3.40. The van der Waals surface area contributed by atoms with Gasteiger partial charge in [-0.3, -0.25) is 9.53 Å². The van der Waals surface area contributed by atoms with Gasteiger partial charge in [-0.05, 0) is 63.0 Å². The molecule has 0 spiro atoms. The van der Waals surface area contributed by atoms with Crippen LogP contribution in [0.15, 0.2) is 24.3 Å². The van der Waals surface area contributed by atoms with E-state index in [1.165, 1.54) is 0 Å². The molecule has 2 atom stereocenters. The molecule has 1 aliphatic heterocycles. The van der Waals surface area contributed by atoms with E-state index in [0.717, 1.165) is 0 Å². The second kappa shape index (κ2) is 17.6. The van der Waals surface area contributed by atoms with Crippen LogP contribution in [0.2, 0.25) is 18.1 Å². The van der Waals surface area contributed by atoms with Crippen LogP contribution in [0.4, 0.5) is 18.0 Å². The minimum absolute atomic E-state index is 0.0723. The number of hydrogen-bond donors (Lipinski definition) is 1. The summed E-state index contributed by atoms with van der Waals surface area (Å²) in [4.78, 5) is 28.0. The van der Waals surface area contributed by atoms with Crippen molar-refractivity contribution in [2.45, 2.75) is 90.2 Å². The zero-order valence-electron chi connectivity index (χ0n) is 28.3. The Morgan fingerprint density at radius 2 is 1.57 bits per heavy atom. The Morgan fingerprint density at radius 3 is 2.17 bits per heavy atom. The molecule has 1 N–H and O–H groups in total. The Kier molecular flexibility index (Phi) is 15.2. The highest BCUT2D eigenvalue weighted by Gasteiger charge is 2.37. The van der Waals surface area contributed by atoms with Crippen LogP contribution in [-0.4, -0.2) is 103 Å². The van der Waals surface area contributed by atoms with Crippen molar-refractivity contribution in [1.82, 2.24) is 10.2 Å². The summed E-state index contributed by atoms with van der Waals surface area (Å²) in [5.41, 5.74) is -0.190. The number of ether oxygens (including phenoxy) is 6. The van der Waals surface area contributed by atoms with E-state index in [0.29, 0.717) is 37.5 Å². The smallest absolute Gasteiger partial charge is 0.491 e. The first-order valence-corrected chi connectivity index (χ1v) is 18.3. The van der Waals surface area contributed by atoms with Gasteiger partial charge in [0.05, 0.1) is 39.1 Å². The molecule has 2 rings (SSSR count). The highest BCUT2D eigenvalue weighted by atomic mass is 28.4. The van der Waals surface area contributed by atoms with E-state index in [9.17, 15) is 22.8 Å². The van der Waals surface area contributed by atoms with Crippen molar-refractivity contribution in [3.63, 3.8) is 0 Å². The number of rotatable bonds is 17. The zero-order valence-corrected chi connectivity index (χ0v) is 29.3. The van der Waals surface area contributed by atoms with Crippen LogP contribution in [0.3, 0.4) is 0 Å². The number of alkyl carbamates (subject to hydrolysis) is 1. The summed E-state index contributed by atoms with van der Waals surface area (Å²) in [6.45, 7) is 17.0. The summed E-state index contributed by atoms with van der Waals surface area (Å²) in [5, 5.41) is 2.82. The maximum Gasteiger partial charge on any atom is 0.522 e. The van der Waals surface area contributed by atoms with Crippen molar-refractivity contribution in [2.75, 3.05) is 59.5 Å². The fourth-order valence-electron chi connectivity index (χ4n) is 4.03. The maximum atomic E-state index is 13.7. The normalized spacial score (nSPS) is 16.8. The Balaban J connectivity index is 1.89. The zero-order chi connectivity index (χ0) is 34.6. The Labute approximate surface area is 271 Å². The predicted octanol–water partition coefficient (Wildman–Crippen LogP) is 5.80. The molecule has 2 amide bonds. The van der Waals surface area contributed by atoms with Gasteiger partial charge in [0.1, 0.15) is 30.8 Å². The molecular formula is C31H51F3N2O9Si. The first-order valence-electron chi connectivity index (χ1n) is 15.4. The first kappa shape index (κ1) is 39.7. The van der Waals surface area contributed by atoms with Gasteiger partial charge in [-0.1, -0.05) is 32.9 Å². The minimum Gasteiger partial charge on any atom is -0.491 e. The lowest BCUT2D eigenvalue weighted by molar-refractivity contribution is -0.327. The van der Waals surface area contributed by atoms with Crippen LogP contribution in [0.25, 0.3) is 0 Å². The number of amides is 2. The number of halogens is 3. The van der Waals surface area contributed by atoms with Gasteiger partial charge in [-0.2, -0.15) is 0 Å². The van der Waals surface area contributed by atoms with Crippen LogP contribution in [0, 0.1) is 0 Å². The van der Waals surface area contributed by atoms with Crippen LogP contribution in [0.1, 0.15) is 59.6 Å². The van der Waals surface area contributed by atoms with Gasteiger partial charge in [0.25, 0.3) is 0 Å². The van der Waals surface area contributed by atoms with E-state index >= 15 is 0 Å². The molecule has 11 nitrogen and oxygen atoms in total. The summed E-state index contributed by atoms with van der Waals surface area (Å²) >= 11 is 0. The SMILES string of the molecule is CC(C)(C)OC(=O)N[C@H](C(=O)N1CC[C@H](OCOCCOCCOC(F)(F)F)C1)c1ccc(OCCO[Si](C)(C)C(C)(C)C)cc1. The van der Waals surface area contributed by atoms with E-state index in [1.807, 2.05) is 0 Å². The predicted molar refractivity (Wildman–Crippen MR) is 167 cm³/mol. The molecule has 46 heavy (non-hydrogen) atoms. The molecular weight excluding hydrogens is 629 g/mol. The van der Waals surface area contributed by atoms with Crippen LogP contribution in [0.5, 0.6) is 5.75 Å². The van der Waals surface area contributed by atoms with Gasteiger partial charge in [-0.15, -0.1) is 13.2 Å². The lowest BCUT2D eigenvalue weighted by Gasteiger charge is -2.36.